The molecule has 1 unspecified atom stereocenters. The third-order valence-corrected chi connectivity index (χ3v) is 3.26. The van der Waals surface area contributed by atoms with E-state index in [2.05, 4.69) is 5.32 Å². The standard InChI is InChI=1S/C14H19NO3/c1-18-14(17)12-5-3-2-4-11(12)8-15-9-13(16)10-6-7-10/h2-5,10,13,15-16H,6-9H2,1H3. The zero-order valence-corrected chi connectivity index (χ0v) is 10.6. The highest BCUT2D eigenvalue weighted by atomic mass is 16.5. The van der Waals surface area contributed by atoms with E-state index < -0.39 is 0 Å². The third-order valence-electron chi connectivity index (χ3n) is 3.26. The van der Waals surface area contributed by atoms with E-state index in [1.54, 1.807) is 6.07 Å². The van der Waals surface area contributed by atoms with E-state index in [-0.39, 0.29) is 12.1 Å². The van der Waals surface area contributed by atoms with Crippen LogP contribution in [0.1, 0.15) is 28.8 Å². The minimum absolute atomic E-state index is 0.268. The lowest BCUT2D eigenvalue weighted by Crippen LogP contribution is -2.28. The highest BCUT2D eigenvalue weighted by molar-refractivity contribution is 5.90. The van der Waals surface area contributed by atoms with Crippen LogP contribution in [0.4, 0.5) is 0 Å². The summed E-state index contributed by atoms with van der Waals surface area (Å²) in [6.45, 7) is 1.13. The van der Waals surface area contributed by atoms with Crippen LogP contribution in [0.5, 0.6) is 0 Å². The summed E-state index contributed by atoms with van der Waals surface area (Å²) < 4.78 is 4.74. The Bertz CT molecular complexity index is 415. The zero-order valence-electron chi connectivity index (χ0n) is 10.6. The van der Waals surface area contributed by atoms with Gasteiger partial charge in [0.1, 0.15) is 0 Å². The lowest BCUT2D eigenvalue weighted by molar-refractivity contribution is 0.0599. The van der Waals surface area contributed by atoms with Gasteiger partial charge in [0.05, 0.1) is 18.8 Å². The van der Waals surface area contributed by atoms with E-state index in [1.165, 1.54) is 7.11 Å². The third kappa shape index (κ3) is 3.31. The fourth-order valence-electron chi connectivity index (χ4n) is 1.99. The molecule has 0 heterocycles. The number of benzene rings is 1. The van der Waals surface area contributed by atoms with Gasteiger partial charge < -0.3 is 15.2 Å². The smallest absolute Gasteiger partial charge is 0.338 e. The van der Waals surface area contributed by atoms with Crippen molar-refractivity contribution < 1.29 is 14.6 Å². The van der Waals surface area contributed by atoms with Crippen LogP contribution in [-0.4, -0.2) is 30.8 Å². The maximum Gasteiger partial charge on any atom is 0.338 e. The number of hydrogen-bond donors (Lipinski definition) is 2. The molecule has 0 aromatic heterocycles. The summed E-state index contributed by atoms with van der Waals surface area (Å²) in [4.78, 5) is 11.6. The molecule has 1 saturated carbocycles. The van der Waals surface area contributed by atoms with Gasteiger partial charge in [0.15, 0.2) is 0 Å². The van der Waals surface area contributed by atoms with Crippen molar-refractivity contribution in [3.8, 4) is 0 Å². The van der Waals surface area contributed by atoms with Crippen molar-refractivity contribution in [2.75, 3.05) is 13.7 Å². The maximum atomic E-state index is 11.6. The number of carbonyl (C=O) groups is 1. The second kappa shape index (κ2) is 5.98. The van der Waals surface area contributed by atoms with E-state index in [1.807, 2.05) is 18.2 Å². The summed E-state index contributed by atoms with van der Waals surface area (Å²) in [6.07, 6.45) is 1.98. The molecule has 4 heteroatoms. The number of carbonyl (C=O) groups excluding carboxylic acids is 1. The summed E-state index contributed by atoms with van der Waals surface area (Å²) in [5.74, 6) is 0.142. The quantitative estimate of drug-likeness (QED) is 0.747. The molecule has 2 rings (SSSR count). The first-order valence-corrected chi connectivity index (χ1v) is 6.27. The molecule has 1 atom stereocenters. The van der Waals surface area contributed by atoms with Crippen LogP contribution in [0.2, 0.25) is 0 Å². The first kappa shape index (κ1) is 13.1. The van der Waals surface area contributed by atoms with Crippen LogP contribution < -0.4 is 5.32 Å². The highest BCUT2D eigenvalue weighted by Gasteiger charge is 2.29. The summed E-state index contributed by atoms with van der Waals surface area (Å²) >= 11 is 0. The zero-order chi connectivity index (χ0) is 13.0. The summed E-state index contributed by atoms with van der Waals surface area (Å²) in [7, 11) is 1.38. The lowest BCUT2D eigenvalue weighted by atomic mass is 10.1. The number of ether oxygens (including phenoxy) is 1. The molecular formula is C14H19NO3. The molecule has 0 saturated heterocycles. The van der Waals surface area contributed by atoms with Gasteiger partial charge in [0, 0.05) is 13.1 Å². The average Bonchev–Trinajstić information content (AvgIpc) is 3.22. The number of hydrogen-bond acceptors (Lipinski definition) is 4. The summed E-state index contributed by atoms with van der Waals surface area (Å²) in [5, 5.41) is 12.9. The normalized spacial score (nSPS) is 16.3. The molecule has 0 aliphatic heterocycles. The Morgan fingerprint density at radius 1 is 1.50 bits per heavy atom. The van der Waals surface area contributed by atoms with Gasteiger partial charge >= 0.3 is 5.97 Å². The summed E-state index contributed by atoms with van der Waals surface area (Å²) in [5.41, 5.74) is 1.47. The SMILES string of the molecule is COC(=O)c1ccccc1CNCC(O)C1CC1. The number of esters is 1. The Labute approximate surface area is 107 Å². The molecule has 0 radical (unpaired) electrons. The molecular weight excluding hydrogens is 230 g/mol. The minimum Gasteiger partial charge on any atom is -0.465 e. The first-order chi connectivity index (χ1) is 8.72. The molecule has 18 heavy (non-hydrogen) atoms. The van der Waals surface area contributed by atoms with E-state index in [0.29, 0.717) is 24.6 Å². The Hall–Kier alpha value is -1.39. The van der Waals surface area contributed by atoms with Crippen molar-refractivity contribution in [1.82, 2.24) is 5.32 Å². The highest BCUT2D eigenvalue weighted by Crippen LogP contribution is 2.32. The second-order valence-corrected chi connectivity index (χ2v) is 4.68. The molecule has 98 valence electrons. The molecule has 1 fully saturated rings. The summed E-state index contributed by atoms with van der Waals surface area (Å²) in [6, 6.07) is 7.35. The molecule has 1 aliphatic carbocycles. The van der Waals surface area contributed by atoms with Crippen molar-refractivity contribution in [2.24, 2.45) is 5.92 Å². The van der Waals surface area contributed by atoms with Crippen molar-refractivity contribution in [3.05, 3.63) is 35.4 Å². The van der Waals surface area contributed by atoms with Crippen molar-refractivity contribution in [1.29, 1.82) is 0 Å². The molecule has 1 aromatic carbocycles. The van der Waals surface area contributed by atoms with Gasteiger partial charge in [-0.05, 0) is 30.4 Å². The van der Waals surface area contributed by atoms with Crippen LogP contribution in [0, 0.1) is 5.92 Å². The Kier molecular flexibility index (Phi) is 4.33. The molecule has 0 amide bonds. The lowest BCUT2D eigenvalue weighted by Gasteiger charge is -2.12. The van der Waals surface area contributed by atoms with Gasteiger partial charge in [-0.15, -0.1) is 0 Å². The van der Waals surface area contributed by atoms with Crippen LogP contribution in [0.25, 0.3) is 0 Å². The van der Waals surface area contributed by atoms with E-state index in [9.17, 15) is 9.90 Å². The predicted molar refractivity (Wildman–Crippen MR) is 68.2 cm³/mol. The van der Waals surface area contributed by atoms with Gasteiger partial charge in [-0.1, -0.05) is 18.2 Å². The molecule has 0 spiro atoms. The largest absolute Gasteiger partial charge is 0.465 e. The van der Waals surface area contributed by atoms with Crippen LogP contribution in [0.15, 0.2) is 24.3 Å². The second-order valence-electron chi connectivity index (χ2n) is 4.68. The van der Waals surface area contributed by atoms with Gasteiger partial charge in [0.2, 0.25) is 0 Å². The van der Waals surface area contributed by atoms with E-state index >= 15 is 0 Å². The molecule has 0 bridgehead atoms. The van der Waals surface area contributed by atoms with E-state index in [0.717, 1.165) is 18.4 Å². The van der Waals surface area contributed by atoms with Crippen LogP contribution in [0.3, 0.4) is 0 Å². The van der Waals surface area contributed by atoms with E-state index in [4.69, 9.17) is 4.74 Å². The van der Waals surface area contributed by atoms with Gasteiger partial charge in [-0.3, -0.25) is 0 Å². The average molecular weight is 249 g/mol. The number of nitrogens with one attached hydrogen (secondary N) is 1. The van der Waals surface area contributed by atoms with Gasteiger partial charge in [-0.25, -0.2) is 4.79 Å². The predicted octanol–water partition coefficient (Wildman–Crippen LogP) is 1.33. The topological polar surface area (TPSA) is 58.6 Å². The minimum atomic E-state index is -0.324. The van der Waals surface area contributed by atoms with Crippen molar-refractivity contribution in [3.63, 3.8) is 0 Å². The monoisotopic (exact) mass is 249 g/mol. The number of aliphatic hydroxyl groups excluding tert-OH is 1. The van der Waals surface area contributed by atoms with Crippen LogP contribution >= 0.6 is 0 Å². The number of methoxy groups -OCH3 is 1. The molecule has 2 N–H and O–H groups in total. The van der Waals surface area contributed by atoms with Gasteiger partial charge in [0.25, 0.3) is 0 Å². The maximum absolute atomic E-state index is 11.6. The van der Waals surface area contributed by atoms with Crippen molar-refractivity contribution >= 4 is 5.97 Å². The molecule has 1 aromatic rings. The Morgan fingerprint density at radius 2 is 2.22 bits per heavy atom. The molecule has 1 aliphatic rings. The molecule has 4 nitrogen and oxygen atoms in total. The van der Waals surface area contributed by atoms with Crippen LogP contribution in [-0.2, 0) is 11.3 Å². The van der Waals surface area contributed by atoms with Crippen molar-refractivity contribution in [2.45, 2.75) is 25.5 Å². The number of rotatable bonds is 6. The Morgan fingerprint density at radius 3 is 2.89 bits per heavy atom. The number of aliphatic hydroxyl groups is 1. The van der Waals surface area contributed by atoms with Gasteiger partial charge in [-0.2, -0.15) is 0 Å². The fourth-order valence-corrected chi connectivity index (χ4v) is 1.99. The first-order valence-electron chi connectivity index (χ1n) is 6.27. The fraction of sp³-hybridized carbons (Fsp3) is 0.500. The Balaban J connectivity index is 1.89.